The van der Waals surface area contributed by atoms with Crippen molar-refractivity contribution in [2.45, 2.75) is 51.5 Å². The number of carbonyl (C=O) groups excluding carboxylic acids is 3. The molecule has 3 rings (SSSR count). The van der Waals surface area contributed by atoms with E-state index in [2.05, 4.69) is 17.2 Å². The first-order valence-electron chi connectivity index (χ1n) is 9.87. The van der Waals surface area contributed by atoms with Gasteiger partial charge in [0.2, 0.25) is 5.88 Å². The molecule has 2 heterocycles. The molecular formula is C20H28N4O4. The van der Waals surface area contributed by atoms with E-state index in [-0.39, 0.29) is 23.2 Å². The molecule has 2 fully saturated rings. The van der Waals surface area contributed by atoms with Gasteiger partial charge < -0.3 is 20.7 Å². The Morgan fingerprint density at radius 3 is 2.57 bits per heavy atom. The Balaban J connectivity index is 1.80. The van der Waals surface area contributed by atoms with Crippen LogP contribution in [0, 0.1) is 11.8 Å². The van der Waals surface area contributed by atoms with Crippen LogP contribution in [0.5, 0.6) is 5.88 Å². The van der Waals surface area contributed by atoms with Gasteiger partial charge in [0.15, 0.2) is 0 Å². The summed E-state index contributed by atoms with van der Waals surface area (Å²) in [6, 6.07) is 1.54. The zero-order valence-corrected chi connectivity index (χ0v) is 16.4. The van der Waals surface area contributed by atoms with E-state index in [4.69, 9.17) is 10.5 Å². The summed E-state index contributed by atoms with van der Waals surface area (Å²) in [6.07, 6.45) is 7.97. The van der Waals surface area contributed by atoms with E-state index in [1.54, 1.807) is 4.90 Å². The predicted molar refractivity (Wildman–Crippen MR) is 104 cm³/mol. The van der Waals surface area contributed by atoms with E-state index >= 15 is 0 Å². The van der Waals surface area contributed by atoms with Crippen molar-refractivity contribution in [1.29, 1.82) is 0 Å². The number of piperidine rings is 1. The van der Waals surface area contributed by atoms with Crippen LogP contribution in [0.25, 0.3) is 0 Å². The van der Waals surface area contributed by atoms with Gasteiger partial charge in [-0.2, -0.15) is 0 Å². The number of pyridine rings is 1. The first-order valence-corrected chi connectivity index (χ1v) is 9.87. The SMILES string of the molecule is COc1nccc(NC(=O)C(=O)N2C[C@@H](C)CC[C@H]2C2CCCC2)c1C(N)=O. The number of likely N-dealkylation sites (tertiary alicyclic amines) is 1. The van der Waals surface area contributed by atoms with Gasteiger partial charge in [-0.1, -0.05) is 19.8 Å². The maximum absolute atomic E-state index is 13.0. The normalized spacial score (nSPS) is 22.7. The van der Waals surface area contributed by atoms with Crippen molar-refractivity contribution in [1.82, 2.24) is 9.88 Å². The van der Waals surface area contributed by atoms with E-state index in [0.29, 0.717) is 18.4 Å². The Bertz CT molecular complexity index is 761. The molecule has 3 N–H and O–H groups in total. The first-order chi connectivity index (χ1) is 13.4. The number of carbonyl (C=O) groups is 3. The van der Waals surface area contributed by atoms with Crippen molar-refractivity contribution >= 4 is 23.4 Å². The Hall–Kier alpha value is -2.64. The number of ether oxygens (including phenoxy) is 1. The van der Waals surface area contributed by atoms with Crippen molar-refractivity contribution < 1.29 is 19.1 Å². The Morgan fingerprint density at radius 1 is 1.21 bits per heavy atom. The number of methoxy groups -OCH3 is 1. The standard InChI is InChI=1S/C20H28N4O4/c1-12-7-8-15(13-5-3-4-6-13)24(11-12)20(27)18(26)23-14-9-10-22-19(28-2)16(14)17(21)25/h9-10,12-13,15H,3-8,11H2,1-2H3,(H2,21,25)(H,22,23,26)/t12-,15-/m0/s1. The number of nitrogens with two attached hydrogens (primary N) is 1. The molecule has 0 unspecified atom stereocenters. The van der Waals surface area contributed by atoms with Gasteiger partial charge in [0.25, 0.3) is 5.91 Å². The van der Waals surface area contributed by atoms with Gasteiger partial charge in [0.1, 0.15) is 5.56 Å². The van der Waals surface area contributed by atoms with E-state index in [1.165, 1.54) is 32.2 Å². The summed E-state index contributed by atoms with van der Waals surface area (Å²) in [5, 5.41) is 2.54. The molecule has 1 aliphatic heterocycles. The highest BCUT2D eigenvalue weighted by Crippen LogP contribution is 2.36. The second-order valence-electron chi connectivity index (χ2n) is 7.81. The van der Waals surface area contributed by atoms with Crippen LogP contribution in [0.2, 0.25) is 0 Å². The molecule has 0 spiro atoms. The fraction of sp³-hybridized carbons (Fsp3) is 0.600. The summed E-state index contributed by atoms with van der Waals surface area (Å²) in [5.74, 6) is -1.29. The van der Waals surface area contributed by atoms with E-state index in [9.17, 15) is 14.4 Å². The van der Waals surface area contributed by atoms with Crippen LogP contribution in [-0.2, 0) is 9.59 Å². The van der Waals surface area contributed by atoms with Gasteiger partial charge in [-0.3, -0.25) is 14.4 Å². The molecule has 1 aromatic heterocycles. The summed E-state index contributed by atoms with van der Waals surface area (Å²) in [7, 11) is 1.35. The highest BCUT2D eigenvalue weighted by Gasteiger charge is 2.38. The maximum Gasteiger partial charge on any atom is 0.313 e. The van der Waals surface area contributed by atoms with Gasteiger partial charge >= 0.3 is 11.8 Å². The zero-order valence-electron chi connectivity index (χ0n) is 16.4. The third-order valence-corrected chi connectivity index (χ3v) is 5.87. The molecule has 0 radical (unpaired) electrons. The largest absolute Gasteiger partial charge is 0.480 e. The number of anilines is 1. The topological polar surface area (TPSA) is 115 Å². The average molecular weight is 388 g/mol. The van der Waals surface area contributed by atoms with Crippen molar-refractivity contribution in [3.05, 3.63) is 17.8 Å². The lowest BCUT2D eigenvalue weighted by Gasteiger charge is -2.41. The second kappa shape index (κ2) is 8.58. The minimum Gasteiger partial charge on any atom is -0.480 e. The molecule has 8 nitrogen and oxygen atoms in total. The summed E-state index contributed by atoms with van der Waals surface area (Å²) in [4.78, 5) is 43.2. The number of rotatable bonds is 4. The van der Waals surface area contributed by atoms with Crippen molar-refractivity contribution in [2.75, 3.05) is 19.0 Å². The zero-order chi connectivity index (χ0) is 20.3. The summed E-state index contributed by atoms with van der Waals surface area (Å²) in [5.41, 5.74) is 5.48. The van der Waals surface area contributed by atoms with Gasteiger partial charge in [-0.05, 0) is 43.6 Å². The fourth-order valence-electron chi connectivity index (χ4n) is 4.49. The number of aromatic nitrogens is 1. The first kappa shape index (κ1) is 20.1. The van der Waals surface area contributed by atoms with Crippen LogP contribution in [0.1, 0.15) is 55.8 Å². The maximum atomic E-state index is 13.0. The second-order valence-corrected chi connectivity index (χ2v) is 7.81. The number of amides is 3. The van der Waals surface area contributed by atoms with E-state index < -0.39 is 17.7 Å². The smallest absolute Gasteiger partial charge is 0.313 e. The van der Waals surface area contributed by atoms with Crippen molar-refractivity contribution in [3.8, 4) is 5.88 Å². The Labute approximate surface area is 164 Å². The summed E-state index contributed by atoms with van der Waals surface area (Å²) < 4.78 is 5.05. The molecule has 0 bridgehead atoms. The number of hydrogen-bond acceptors (Lipinski definition) is 5. The molecule has 28 heavy (non-hydrogen) atoms. The highest BCUT2D eigenvalue weighted by atomic mass is 16.5. The number of primary amides is 1. The molecule has 0 aromatic carbocycles. The molecule has 1 saturated carbocycles. The minimum atomic E-state index is -0.789. The van der Waals surface area contributed by atoms with Gasteiger partial charge in [0.05, 0.1) is 12.8 Å². The number of nitrogens with one attached hydrogen (secondary N) is 1. The monoisotopic (exact) mass is 388 g/mol. The van der Waals surface area contributed by atoms with Crippen LogP contribution in [-0.4, -0.2) is 47.3 Å². The molecule has 152 valence electrons. The lowest BCUT2D eigenvalue weighted by Crippen LogP contribution is -2.52. The van der Waals surface area contributed by atoms with E-state index in [0.717, 1.165) is 25.7 Å². The fourth-order valence-corrected chi connectivity index (χ4v) is 4.49. The molecule has 3 amide bonds. The highest BCUT2D eigenvalue weighted by molar-refractivity contribution is 6.40. The number of hydrogen-bond donors (Lipinski definition) is 2. The molecular weight excluding hydrogens is 360 g/mol. The molecule has 1 aliphatic carbocycles. The van der Waals surface area contributed by atoms with Crippen molar-refractivity contribution in [2.24, 2.45) is 17.6 Å². The summed E-state index contributed by atoms with van der Waals surface area (Å²) in [6.45, 7) is 2.68. The van der Waals surface area contributed by atoms with Gasteiger partial charge in [-0.15, -0.1) is 0 Å². The molecule has 8 heteroatoms. The van der Waals surface area contributed by atoms with Gasteiger partial charge in [-0.25, -0.2) is 4.98 Å². The van der Waals surface area contributed by atoms with Crippen LogP contribution >= 0.6 is 0 Å². The quantitative estimate of drug-likeness (QED) is 0.765. The lowest BCUT2D eigenvalue weighted by molar-refractivity contribution is -0.147. The third kappa shape index (κ3) is 4.10. The Kier molecular flexibility index (Phi) is 6.16. The summed E-state index contributed by atoms with van der Waals surface area (Å²) >= 11 is 0. The van der Waals surface area contributed by atoms with Crippen molar-refractivity contribution in [3.63, 3.8) is 0 Å². The van der Waals surface area contributed by atoms with Gasteiger partial charge in [0, 0.05) is 18.8 Å². The number of nitrogens with zero attached hydrogens (tertiary/aromatic N) is 2. The predicted octanol–water partition coefficient (Wildman–Crippen LogP) is 1.94. The van der Waals surface area contributed by atoms with Crippen LogP contribution < -0.4 is 15.8 Å². The lowest BCUT2D eigenvalue weighted by atomic mass is 9.85. The van der Waals surface area contributed by atoms with Crippen LogP contribution in [0.15, 0.2) is 12.3 Å². The minimum absolute atomic E-state index is 0.00757. The van der Waals surface area contributed by atoms with Crippen LogP contribution in [0.3, 0.4) is 0 Å². The molecule has 1 aromatic rings. The molecule has 2 aliphatic rings. The third-order valence-electron chi connectivity index (χ3n) is 5.87. The van der Waals surface area contributed by atoms with Crippen LogP contribution in [0.4, 0.5) is 5.69 Å². The average Bonchev–Trinajstić information content (AvgIpc) is 3.21. The van der Waals surface area contributed by atoms with E-state index in [1.807, 2.05) is 0 Å². The Morgan fingerprint density at radius 2 is 1.93 bits per heavy atom. The molecule has 2 atom stereocenters. The molecule has 1 saturated heterocycles.